The number of methoxy groups -OCH3 is 2. The summed E-state index contributed by atoms with van der Waals surface area (Å²) >= 11 is 6.05. The lowest BCUT2D eigenvalue weighted by Crippen LogP contribution is -2.13. The molecule has 0 aliphatic carbocycles. The zero-order chi connectivity index (χ0) is 29.0. The third-order valence-corrected chi connectivity index (χ3v) is 9.08. The van der Waals surface area contributed by atoms with Crippen LogP contribution in [0, 0.1) is 6.92 Å². The summed E-state index contributed by atoms with van der Waals surface area (Å²) in [6.07, 6.45) is 3.43. The normalized spacial score (nSPS) is 13.2. The van der Waals surface area contributed by atoms with Crippen molar-refractivity contribution in [3.63, 3.8) is 0 Å². The average Bonchev–Trinajstić information content (AvgIpc) is 3.34. The number of hydrogen-bond donors (Lipinski definition) is 2. The van der Waals surface area contributed by atoms with Gasteiger partial charge in [-0.2, -0.15) is 0 Å². The first-order valence-corrected chi connectivity index (χ1v) is 15.8. The second kappa shape index (κ2) is 12.4. The molecular weight excluding hydrogens is 574 g/mol. The van der Waals surface area contributed by atoms with Crippen LogP contribution in [0.4, 0.5) is 5.95 Å². The van der Waals surface area contributed by atoms with E-state index in [9.17, 15) is 13.5 Å². The largest absolute Gasteiger partial charge is 0.494 e. The van der Waals surface area contributed by atoms with E-state index >= 15 is 0 Å². The second-order valence-electron chi connectivity index (χ2n) is 8.85. The smallest absolute Gasteiger partial charge is 0.239 e. The van der Waals surface area contributed by atoms with Gasteiger partial charge in [-0.15, -0.1) is 10.2 Å². The SMILES string of the molecule is C/C=S(/C[C@@H](O)c1ccc(Cl)cc1S(C)(=O)=O)Nc1nnc(-c2cncc(C)c2)n1-c1c(OC)cccc1OC. The number of halogens is 1. The number of para-hydroxylation sites is 1. The number of aliphatic hydroxyl groups is 1. The Balaban J connectivity index is 1.79. The monoisotopic (exact) mass is 603 g/mol. The fourth-order valence-corrected chi connectivity index (χ4v) is 6.65. The number of sulfone groups is 1. The highest BCUT2D eigenvalue weighted by molar-refractivity contribution is 8.16. The number of anilines is 1. The number of aryl methyl sites for hydroxylation is 1. The Bertz CT molecular complexity index is 1650. The van der Waals surface area contributed by atoms with E-state index in [4.69, 9.17) is 21.1 Å². The molecule has 2 heterocycles. The molecule has 2 aromatic carbocycles. The molecule has 0 bridgehead atoms. The molecule has 0 saturated carbocycles. The first kappa shape index (κ1) is 29.5. The van der Waals surface area contributed by atoms with Gasteiger partial charge in [0, 0.05) is 40.6 Å². The molecule has 2 atom stereocenters. The van der Waals surface area contributed by atoms with E-state index < -0.39 is 26.6 Å². The highest BCUT2D eigenvalue weighted by Crippen LogP contribution is 2.39. The van der Waals surface area contributed by atoms with Crippen molar-refractivity contribution < 1.29 is 23.0 Å². The first-order valence-electron chi connectivity index (χ1n) is 12.1. The highest BCUT2D eigenvalue weighted by Gasteiger charge is 2.25. The van der Waals surface area contributed by atoms with Crippen molar-refractivity contribution >= 4 is 43.4 Å². The van der Waals surface area contributed by atoms with Crippen molar-refractivity contribution in [1.29, 1.82) is 0 Å². The van der Waals surface area contributed by atoms with Crippen LogP contribution >= 0.6 is 22.3 Å². The van der Waals surface area contributed by atoms with Gasteiger partial charge in [0.1, 0.15) is 17.2 Å². The van der Waals surface area contributed by atoms with E-state index in [1.165, 1.54) is 12.1 Å². The highest BCUT2D eigenvalue weighted by atomic mass is 35.5. The van der Waals surface area contributed by atoms with Crippen LogP contribution in [0.25, 0.3) is 17.1 Å². The lowest BCUT2D eigenvalue weighted by molar-refractivity contribution is 0.201. The van der Waals surface area contributed by atoms with Gasteiger partial charge < -0.3 is 19.3 Å². The Kier molecular flexibility index (Phi) is 9.14. The summed E-state index contributed by atoms with van der Waals surface area (Å²) in [5.41, 5.74) is 2.53. The molecule has 0 amide bonds. The van der Waals surface area contributed by atoms with Crippen molar-refractivity contribution in [1.82, 2.24) is 19.7 Å². The number of nitrogens with one attached hydrogen (secondary N) is 1. The predicted octanol–water partition coefficient (Wildman–Crippen LogP) is 4.86. The fraction of sp³-hybridized carbons (Fsp3) is 0.259. The Labute approximate surface area is 240 Å². The van der Waals surface area contributed by atoms with E-state index in [0.717, 1.165) is 17.4 Å². The minimum atomic E-state index is -3.62. The number of hydrogen-bond acceptors (Lipinski definition) is 9. The summed E-state index contributed by atoms with van der Waals surface area (Å²) in [5.74, 6) is 2.09. The third-order valence-electron chi connectivity index (χ3n) is 6.00. The topological polar surface area (TPSA) is 128 Å². The molecule has 2 N–H and O–H groups in total. The molecule has 4 aromatic rings. The lowest BCUT2D eigenvalue weighted by Gasteiger charge is -2.21. The van der Waals surface area contributed by atoms with Gasteiger partial charge in [0.15, 0.2) is 15.7 Å². The van der Waals surface area contributed by atoms with Gasteiger partial charge in [0.25, 0.3) is 0 Å². The van der Waals surface area contributed by atoms with Crippen molar-refractivity contribution in [2.24, 2.45) is 0 Å². The quantitative estimate of drug-likeness (QED) is 0.244. The van der Waals surface area contributed by atoms with Gasteiger partial charge in [-0.3, -0.25) is 9.55 Å². The molecule has 212 valence electrons. The Morgan fingerprint density at radius 1 is 1.12 bits per heavy atom. The van der Waals surface area contributed by atoms with Gasteiger partial charge in [0.05, 0.1) is 25.2 Å². The number of ether oxygens (including phenoxy) is 2. The summed E-state index contributed by atoms with van der Waals surface area (Å²) in [4.78, 5) is 4.30. The average molecular weight is 604 g/mol. The van der Waals surface area contributed by atoms with Crippen LogP contribution in [0.15, 0.2) is 59.8 Å². The molecule has 0 aliphatic heterocycles. The summed E-state index contributed by atoms with van der Waals surface area (Å²) in [7, 11) is -1.27. The van der Waals surface area contributed by atoms with Crippen molar-refractivity contribution in [3.05, 3.63) is 71.0 Å². The molecule has 13 heteroatoms. The first-order chi connectivity index (χ1) is 19.1. The Morgan fingerprint density at radius 3 is 2.42 bits per heavy atom. The van der Waals surface area contributed by atoms with Crippen molar-refractivity contribution in [3.8, 4) is 28.6 Å². The lowest BCUT2D eigenvalue weighted by atomic mass is 10.1. The number of benzene rings is 2. The van der Waals surface area contributed by atoms with E-state index in [1.54, 1.807) is 37.2 Å². The number of aromatic nitrogens is 4. The maximum absolute atomic E-state index is 12.4. The molecule has 40 heavy (non-hydrogen) atoms. The second-order valence-corrected chi connectivity index (χ2v) is 13.1. The number of rotatable bonds is 10. The number of aliphatic hydroxyl groups excluding tert-OH is 1. The summed E-state index contributed by atoms with van der Waals surface area (Å²) in [6, 6.07) is 11.8. The summed E-state index contributed by atoms with van der Waals surface area (Å²) in [6.45, 7) is 3.78. The summed E-state index contributed by atoms with van der Waals surface area (Å²) in [5, 5.41) is 22.2. The standard InChI is InChI=1S/C27H30ClN5O5S2/c1-6-39(16-21(34)20-11-10-19(28)13-24(20)40(5,35)36)32-27-31-30-26(18-12-17(2)14-29-15-18)33(27)25-22(37-3)8-7-9-23(25)38-4/h6-15,21,34H,16H2,1-5H3,(H,31,32)/t21-,39?/m1/s1. The zero-order valence-corrected chi connectivity index (χ0v) is 25.0. The van der Waals surface area contributed by atoms with Crippen LogP contribution in [0.3, 0.4) is 0 Å². The molecule has 0 spiro atoms. The number of pyridine rings is 1. The molecule has 1 unspecified atom stereocenters. The van der Waals surface area contributed by atoms with Crippen LogP contribution in [-0.2, 0) is 9.84 Å². The molecule has 0 saturated heterocycles. The van der Waals surface area contributed by atoms with E-state index in [1.807, 2.05) is 43.5 Å². The van der Waals surface area contributed by atoms with Crippen LogP contribution in [0.5, 0.6) is 11.5 Å². The van der Waals surface area contributed by atoms with Crippen molar-refractivity contribution in [2.75, 3.05) is 31.0 Å². The molecular formula is C27H30ClN5O5S2. The van der Waals surface area contributed by atoms with Crippen molar-refractivity contribution in [2.45, 2.75) is 24.8 Å². The minimum Gasteiger partial charge on any atom is -0.494 e. The number of nitrogens with zero attached hydrogens (tertiary/aromatic N) is 4. The van der Waals surface area contributed by atoms with Gasteiger partial charge in [-0.05, 0) is 55.1 Å². The van der Waals surface area contributed by atoms with Gasteiger partial charge in [-0.1, -0.05) is 34.4 Å². The van der Waals surface area contributed by atoms with Crippen LogP contribution < -0.4 is 14.2 Å². The third kappa shape index (κ3) is 6.30. The van der Waals surface area contributed by atoms with E-state index in [2.05, 4.69) is 19.9 Å². The molecule has 0 aliphatic rings. The zero-order valence-electron chi connectivity index (χ0n) is 22.6. The van der Waals surface area contributed by atoms with Crippen LogP contribution in [-0.4, -0.2) is 64.9 Å². The molecule has 2 aromatic heterocycles. The van der Waals surface area contributed by atoms with E-state index in [0.29, 0.717) is 29.0 Å². The molecule has 0 radical (unpaired) electrons. The van der Waals surface area contributed by atoms with Crippen LogP contribution in [0.2, 0.25) is 5.02 Å². The predicted molar refractivity (Wildman–Crippen MR) is 160 cm³/mol. The summed E-state index contributed by atoms with van der Waals surface area (Å²) < 4.78 is 41.3. The molecule has 10 nitrogen and oxygen atoms in total. The van der Waals surface area contributed by atoms with Gasteiger partial charge in [-0.25, -0.2) is 8.42 Å². The van der Waals surface area contributed by atoms with E-state index in [-0.39, 0.29) is 21.2 Å². The molecule has 4 rings (SSSR count). The van der Waals surface area contributed by atoms with Gasteiger partial charge >= 0.3 is 0 Å². The fourth-order valence-electron chi connectivity index (χ4n) is 4.16. The Morgan fingerprint density at radius 2 is 1.82 bits per heavy atom. The van der Waals surface area contributed by atoms with Gasteiger partial charge in [0.2, 0.25) is 5.95 Å². The maximum Gasteiger partial charge on any atom is 0.239 e. The maximum atomic E-state index is 12.4. The minimum absolute atomic E-state index is 0.0108. The Hall–Kier alpha value is -3.45. The molecule has 0 fully saturated rings. The van der Waals surface area contributed by atoms with Crippen LogP contribution in [0.1, 0.15) is 24.2 Å².